The van der Waals surface area contributed by atoms with Gasteiger partial charge in [0.15, 0.2) is 0 Å². The number of benzene rings is 1. The second-order valence-corrected chi connectivity index (χ2v) is 5.46. The first-order valence-corrected chi connectivity index (χ1v) is 6.98. The molecule has 2 heterocycles. The van der Waals surface area contributed by atoms with Crippen molar-refractivity contribution in [1.29, 1.82) is 0 Å². The highest BCUT2D eigenvalue weighted by atomic mass is 16.3. The van der Waals surface area contributed by atoms with Gasteiger partial charge in [0.05, 0.1) is 11.6 Å². The van der Waals surface area contributed by atoms with Gasteiger partial charge in [0.25, 0.3) is 5.91 Å². The zero-order valence-electron chi connectivity index (χ0n) is 11.5. The Balaban J connectivity index is 1.93. The van der Waals surface area contributed by atoms with E-state index in [0.29, 0.717) is 25.1 Å². The molecule has 2 unspecified atom stereocenters. The van der Waals surface area contributed by atoms with Crippen LogP contribution >= 0.6 is 0 Å². The first-order chi connectivity index (χ1) is 9.66. The summed E-state index contributed by atoms with van der Waals surface area (Å²) >= 11 is 0. The third-order valence-electron chi connectivity index (χ3n) is 4.02. The van der Waals surface area contributed by atoms with Gasteiger partial charge in [-0.05, 0) is 30.5 Å². The zero-order chi connectivity index (χ0) is 14.1. The molecular formula is C16H18N2O2. The second kappa shape index (κ2) is 5.21. The summed E-state index contributed by atoms with van der Waals surface area (Å²) in [5.41, 5.74) is 1.53. The summed E-state index contributed by atoms with van der Waals surface area (Å²) in [4.78, 5) is 18.8. The number of hydrogen-bond acceptors (Lipinski definition) is 3. The number of aliphatic hydroxyl groups is 1. The minimum Gasteiger partial charge on any atom is -0.393 e. The van der Waals surface area contributed by atoms with Crippen LogP contribution in [0.2, 0.25) is 0 Å². The van der Waals surface area contributed by atoms with Gasteiger partial charge in [-0.2, -0.15) is 0 Å². The van der Waals surface area contributed by atoms with Crippen molar-refractivity contribution < 1.29 is 9.90 Å². The van der Waals surface area contributed by atoms with Crippen LogP contribution in [0.1, 0.15) is 23.7 Å². The van der Waals surface area contributed by atoms with Gasteiger partial charge in [-0.1, -0.05) is 19.1 Å². The number of pyridine rings is 1. The average Bonchev–Trinajstić information content (AvgIpc) is 2.49. The lowest BCUT2D eigenvalue weighted by Crippen LogP contribution is -2.45. The molecule has 1 N–H and O–H groups in total. The Hall–Kier alpha value is -1.94. The van der Waals surface area contributed by atoms with E-state index in [9.17, 15) is 9.90 Å². The van der Waals surface area contributed by atoms with Gasteiger partial charge in [-0.15, -0.1) is 0 Å². The van der Waals surface area contributed by atoms with Crippen molar-refractivity contribution in [3.8, 4) is 0 Å². The molecular weight excluding hydrogens is 252 g/mol. The Morgan fingerprint density at radius 2 is 2.20 bits per heavy atom. The summed E-state index contributed by atoms with van der Waals surface area (Å²) in [6.45, 7) is 3.20. The van der Waals surface area contributed by atoms with Crippen LogP contribution in [0, 0.1) is 5.92 Å². The Kier molecular flexibility index (Phi) is 3.40. The summed E-state index contributed by atoms with van der Waals surface area (Å²) in [6.07, 6.45) is 2.08. The SMILES string of the molecule is CC1CN(C(=O)c2cccc3ncccc23)CCC1O. The topological polar surface area (TPSA) is 53.4 Å². The predicted molar refractivity (Wildman–Crippen MR) is 77.4 cm³/mol. The van der Waals surface area contributed by atoms with Crippen LogP contribution in [0.5, 0.6) is 0 Å². The number of nitrogens with zero attached hydrogens (tertiary/aromatic N) is 2. The molecule has 0 saturated carbocycles. The molecule has 1 fully saturated rings. The van der Waals surface area contributed by atoms with Crippen LogP contribution in [-0.4, -0.2) is 40.1 Å². The summed E-state index contributed by atoms with van der Waals surface area (Å²) < 4.78 is 0. The molecule has 1 saturated heterocycles. The molecule has 104 valence electrons. The molecule has 20 heavy (non-hydrogen) atoms. The van der Waals surface area contributed by atoms with E-state index >= 15 is 0 Å². The molecule has 3 rings (SSSR count). The highest BCUT2D eigenvalue weighted by Crippen LogP contribution is 2.22. The number of rotatable bonds is 1. The van der Waals surface area contributed by atoms with E-state index < -0.39 is 0 Å². The molecule has 1 aromatic carbocycles. The molecule has 1 amide bonds. The smallest absolute Gasteiger partial charge is 0.254 e. The van der Waals surface area contributed by atoms with Crippen molar-refractivity contribution in [1.82, 2.24) is 9.88 Å². The molecule has 0 aliphatic carbocycles. The normalized spacial score (nSPS) is 23.0. The van der Waals surface area contributed by atoms with Crippen LogP contribution < -0.4 is 0 Å². The van der Waals surface area contributed by atoms with E-state index in [2.05, 4.69) is 4.98 Å². The van der Waals surface area contributed by atoms with Crippen molar-refractivity contribution in [3.63, 3.8) is 0 Å². The largest absolute Gasteiger partial charge is 0.393 e. The van der Waals surface area contributed by atoms with Crippen LogP contribution in [0.3, 0.4) is 0 Å². The fourth-order valence-corrected chi connectivity index (χ4v) is 2.78. The van der Waals surface area contributed by atoms with Gasteiger partial charge in [0, 0.05) is 30.2 Å². The lowest BCUT2D eigenvalue weighted by atomic mass is 9.96. The third kappa shape index (κ3) is 2.27. The maximum absolute atomic E-state index is 12.7. The number of aliphatic hydroxyl groups excluding tert-OH is 1. The fourth-order valence-electron chi connectivity index (χ4n) is 2.78. The number of likely N-dealkylation sites (tertiary alicyclic amines) is 1. The molecule has 1 aliphatic rings. The standard InChI is InChI=1S/C16H18N2O2/c1-11-10-18(9-7-15(11)19)16(20)13-4-2-6-14-12(13)5-3-8-17-14/h2-6,8,11,15,19H,7,9-10H2,1H3. The third-order valence-corrected chi connectivity index (χ3v) is 4.02. The van der Waals surface area contributed by atoms with Crippen molar-refractivity contribution >= 4 is 16.8 Å². The molecule has 4 nitrogen and oxygen atoms in total. The molecule has 1 aliphatic heterocycles. The minimum absolute atomic E-state index is 0.0300. The molecule has 2 aromatic rings. The molecule has 0 bridgehead atoms. The van der Waals surface area contributed by atoms with Crippen LogP contribution in [-0.2, 0) is 0 Å². The van der Waals surface area contributed by atoms with E-state index in [-0.39, 0.29) is 17.9 Å². The van der Waals surface area contributed by atoms with E-state index in [1.54, 1.807) is 6.20 Å². The minimum atomic E-state index is -0.298. The summed E-state index contributed by atoms with van der Waals surface area (Å²) in [5.74, 6) is 0.156. The van der Waals surface area contributed by atoms with Gasteiger partial charge in [0.2, 0.25) is 0 Å². The highest BCUT2D eigenvalue weighted by molar-refractivity contribution is 6.06. The van der Waals surface area contributed by atoms with Crippen molar-refractivity contribution in [2.45, 2.75) is 19.4 Å². The Morgan fingerprint density at radius 3 is 3.00 bits per heavy atom. The van der Waals surface area contributed by atoms with E-state index in [1.165, 1.54) is 0 Å². The van der Waals surface area contributed by atoms with Crippen LogP contribution in [0.25, 0.3) is 10.9 Å². The van der Waals surface area contributed by atoms with E-state index in [0.717, 1.165) is 10.9 Å². The quantitative estimate of drug-likeness (QED) is 0.863. The monoisotopic (exact) mass is 270 g/mol. The number of carbonyl (C=O) groups is 1. The predicted octanol–water partition coefficient (Wildman–Crippen LogP) is 2.08. The number of piperidine rings is 1. The maximum atomic E-state index is 12.7. The van der Waals surface area contributed by atoms with Gasteiger partial charge >= 0.3 is 0 Å². The summed E-state index contributed by atoms with van der Waals surface area (Å²) in [7, 11) is 0. The Bertz CT molecular complexity index is 636. The Morgan fingerprint density at radius 1 is 1.35 bits per heavy atom. The van der Waals surface area contributed by atoms with Crippen LogP contribution in [0.4, 0.5) is 0 Å². The number of aromatic nitrogens is 1. The van der Waals surface area contributed by atoms with Crippen molar-refractivity contribution in [2.75, 3.05) is 13.1 Å². The highest BCUT2D eigenvalue weighted by Gasteiger charge is 2.28. The number of amides is 1. The molecule has 2 atom stereocenters. The molecule has 4 heteroatoms. The van der Waals surface area contributed by atoms with Crippen molar-refractivity contribution in [2.24, 2.45) is 5.92 Å². The van der Waals surface area contributed by atoms with Gasteiger partial charge in [-0.3, -0.25) is 9.78 Å². The summed E-state index contributed by atoms with van der Waals surface area (Å²) in [5, 5.41) is 10.7. The molecule has 1 aromatic heterocycles. The van der Waals surface area contributed by atoms with Crippen molar-refractivity contribution in [3.05, 3.63) is 42.1 Å². The fraction of sp³-hybridized carbons (Fsp3) is 0.375. The van der Waals surface area contributed by atoms with Gasteiger partial charge in [0.1, 0.15) is 0 Å². The molecule has 0 radical (unpaired) electrons. The lowest BCUT2D eigenvalue weighted by Gasteiger charge is -2.34. The Labute approximate surface area is 118 Å². The lowest BCUT2D eigenvalue weighted by molar-refractivity contribution is 0.0299. The molecule has 0 spiro atoms. The zero-order valence-corrected chi connectivity index (χ0v) is 11.5. The maximum Gasteiger partial charge on any atom is 0.254 e. The number of hydrogen-bond donors (Lipinski definition) is 1. The van der Waals surface area contributed by atoms with Gasteiger partial charge in [-0.25, -0.2) is 0 Å². The van der Waals surface area contributed by atoms with Gasteiger partial charge < -0.3 is 10.0 Å². The van der Waals surface area contributed by atoms with E-state index in [1.807, 2.05) is 42.2 Å². The summed E-state index contributed by atoms with van der Waals surface area (Å²) in [6, 6.07) is 9.40. The number of carbonyl (C=O) groups excluding carboxylic acids is 1. The first-order valence-electron chi connectivity index (χ1n) is 6.98. The average molecular weight is 270 g/mol. The van der Waals surface area contributed by atoms with E-state index in [4.69, 9.17) is 0 Å². The number of fused-ring (bicyclic) bond motifs is 1. The second-order valence-electron chi connectivity index (χ2n) is 5.46. The first kappa shape index (κ1) is 13.1. The van der Waals surface area contributed by atoms with Crippen LogP contribution in [0.15, 0.2) is 36.5 Å².